The summed E-state index contributed by atoms with van der Waals surface area (Å²) in [6.07, 6.45) is 12.8. The van der Waals surface area contributed by atoms with Gasteiger partial charge >= 0.3 is 0 Å². The normalized spacial score (nSPS) is 12.3. The quantitative estimate of drug-likeness (QED) is 0.239. The Bertz CT molecular complexity index is 628. The predicted octanol–water partition coefficient (Wildman–Crippen LogP) is 8.23. The maximum atomic E-state index is 2.40. The van der Waals surface area contributed by atoms with Crippen LogP contribution in [0.1, 0.15) is 90.2 Å². The molecule has 172 valence electrons. The minimum atomic E-state index is 0.261. The summed E-state index contributed by atoms with van der Waals surface area (Å²) in [5.74, 6) is 0. The van der Waals surface area contributed by atoms with E-state index >= 15 is 0 Å². The molecule has 0 aliphatic heterocycles. The summed E-state index contributed by atoms with van der Waals surface area (Å²) in [4.78, 5) is 0. The lowest BCUT2D eigenvalue weighted by Crippen LogP contribution is -2.67. The van der Waals surface area contributed by atoms with Crippen molar-refractivity contribution in [1.82, 2.24) is 0 Å². The van der Waals surface area contributed by atoms with Crippen molar-refractivity contribution in [3.05, 3.63) is 71.8 Å². The van der Waals surface area contributed by atoms with Gasteiger partial charge in [-0.15, -0.1) is 0 Å². The van der Waals surface area contributed by atoms with Crippen LogP contribution in [-0.4, -0.2) is 29.7 Å². The van der Waals surface area contributed by atoms with E-state index in [2.05, 4.69) is 88.4 Å². The molecule has 0 fully saturated rings. The predicted molar refractivity (Wildman–Crippen MR) is 138 cm³/mol. The number of hydrogen-bond donors (Lipinski definition) is 0. The average Bonchev–Trinajstić information content (AvgIpc) is 2.80. The van der Waals surface area contributed by atoms with E-state index in [0.717, 1.165) is 0 Å². The minimum absolute atomic E-state index is 0.261. The zero-order valence-electron chi connectivity index (χ0n) is 20.9. The first-order chi connectivity index (χ1) is 15.1. The first-order valence-electron chi connectivity index (χ1n) is 13.1. The van der Waals surface area contributed by atoms with Crippen molar-refractivity contribution in [3.63, 3.8) is 0 Å². The Hall–Kier alpha value is -1.60. The van der Waals surface area contributed by atoms with E-state index in [-0.39, 0.29) is 5.54 Å². The molecule has 0 bridgehead atoms. The van der Waals surface area contributed by atoms with E-state index in [1.807, 2.05) is 0 Å². The Morgan fingerprint density at radius 1 is 0.548 bits per heavy atom. The van der Waals surface area contributed by atoms with Gasteiger partial charge in [0.15, 0.2) is 0 Å². The van der Waals surface area contributed by atoms with Crippen molar-refractivity contribution < 1.29 is 4.48 Å². The third kappa shape index (κ3) is 7.21. The smallest absolute Gasteiger partial charge is 0.107 e. The van der Waals surface area contributed by atoms with Gasteiger partial charge in [-0.3, -0.25) is 0 Å². The van der Waals surface area contributed by atoms with Gasteiger partial charge in [-0.25, -0.2) is 0 Å². The molecule has 0 saturated carbocycles. The number of hydrogen-bond acceptors (Lipinski definition) is 0. The Morgan fingerprint density at radius 2 is 0.935 bits per heavy atom. The van der Waals surface area contributed by atoms with Gasteiger partial charge in [0, 0.05) is 19.3 Å². The van der Waals surface area contributed by atoms with E-state index in [4.69, 9.17) is 0 Å². The van der Waals surface area contributed by atoms with Crippen molar-refractivity contribution >= 4 is 0 Å². The third-order valence-electron chi connectivity index (χ3n) is 7.29. The number of quaternary nitrogens is 1. The highest BCUT2D eigenvalue weighted by Crippen LogP contribution is 2.39. The fraction of sp³-hybridized carbons (Fsp3) is 0.600. The molecule has 0 saturated heterocycles. The molecule has 0 atom stereocenters. The number of unbranched alkanes of at least 4 members (excludes halogenated alkanes) is 3. The van der Waals surface area contributed by atoms with Gasteiger partial charge in [0.25, 0.3) is 0 Å². The fourth-order valence-electron chi connectivity index (χ4n) is 5.66. The molecule has 0 heterocycles. The number of rotatable bonds is 16. The summed E-state index contributed by atoms with van der Waals surface area (Å²) in [6, 6.07) is 22.7. The largest absolute Gasteiger partial charge is 0.318 e. The molecule has 0 spiro atoms. The van der Waals surface area contributed by atoms with Gasteiger partial charge in [-0.2, -0.15) is 0 Å². The van der Waals surface area contributed by atoms with Crippen LogP contribution in [-0.2, 0) is 12.8 Å². The molecule has 0 unspecified atom stereocenters. The Kier molecular flexibility index (Phi) is 11.4. The molecule has 1 heteroatoms. The summed E-state index contributed by atoms with van der Waals surface area (Å²) in [6.45, 7) is 13.5. The van der Waals surface area contributed by atoms with Gasteiger partial charge in [0.05, 0.1) is 19.6 Å². The summed E-state index contributed by atoms with van der Waals surface area (Å²) < 4.78 is 1.31. The van der Waals surface area contributed by atoms with Gasteiger partial charge in [0.1, 0.15) is 5.54 Å². The van der Waals surface area contributed by atoms with Crippen molar-refractivity contribution in [2.45, 2.75) is 97.4 Å². The molecular formula is C30H48N+. The van der Waals surface area contributed by atoms with Crippen LogP contribution in [0.15, 0.2) is 60.7 Å². The lowest BCUT2D eigenvalue weighted by molar-refractivity contribution is -0.977. The van der Waals surface area contributed by atoms with E-state index < -0.39 is 0 Å². The molecule has 0 amide bonds. The van der Waals surface area contributed by atoms with Crippen LogP contribution in [0.2, 0.25) is 0 Å². The first kappa shape index (κ1) is 25.7. The Balaban J connectivity index is 2.62. The van der Waals surface area contributed by atoms with Crippen LogP contribution in [0.4, 0.5) is 0 Å². The van der Waals surface area contributed by atoms with Crippen LogP contribution in [0.3, 0.4) is 0 Å². The molecule has 2 aromatic rings. The highest BCUT2D eigenvalue weighted by Gasteiger charge is 2.49. The van der Waals surface area contributed by atoms with Crippen LogP contribution < -0.4 is 0 Å². The average molecular weight is 423 g/mol. The van der Waals surface area contributed by atoms with Crippen molar-refractivity contribution in [2.24, 2.45) is 0 Å². The summed E-state index contributed by atoms with van der Waals surface area (Å²) in [5.41, 5.74) is 3.29. The second kappa shape index (κ2) is 13.7. The van der Waals surface area contributed by atoms with Crippen molar-refractivity contribution in [1.29, 1.82) is 0 Å². The maximum absolute atomic E-state index is 2.40. The van der Waals surface area contributed by atoms with Crippen molar-refractivity contribution in [2.75, 3.05) is 19.6 Å². The van der Waals surface area contributed by atoms with Gasteiger partial charge in [-0.05, 0) is 30.4 Å². The van der Waals surface area contributed by atoms with Crippen LogP contribution in [0, 0.1) is 0 Å². The number of nitrogens with zero attached hydrogens (tertiary/aromatic N) is 1. The molecule has 0 aromatic heterocycles. The Morgan fingerprint density at radius 3 is 1.26 bits per heavy atom. The lowest BCUT2D eigenvalue weighted by atomic mass is 9.76. The molecule has 31 heavy (non-hydrogen) atoms. The van der Waals surface area contributed by atoms with Crippen molar-refractivity contribution in [3.8, 4) is 0 Å². The van der Waals surface area contributed by atoms with E-state index in [1.165, 1.54) is 99.5 Å². The van der Waals surface area contributed by atoms with Crippen LogP contribution in [0.5, 0.6) is 0 Å². The molecule has 2 aromatic carbocycles. The van der Waals surface area contributed by atoms with E-state index in [0.29, 0.717) is 0 Å². The monoisotopic (exact) mass is 422 g/mol. The van der Waals surface area contributed by atoms with E-state index in [9.17, 15) is 0 Å². The Labute approximate surface area is 193 Å². The standard InChI is InChI=1S/C30H48N/c1-5-9-23-31(24-10-6-2,25-11-7-3)30(22-8-4,26-28-18-14-12-15-19-28)27-29-20-16-13-17-21-29/h12-21H,5-11,22-27H2,1-4H3/q+1. The van der Waals surface area contributed by atoms with Gasteiger partial charge < -0.3 is 4.48 Å². The molecular weight excluding hydrogens is 374 g/mol. The second-order valence-corrected chi connectivity index (χ2v) is 9.68. The lowest BCUT2D eigenvalue weighted by Gasteiger charge is -2.55. The maximum Gasteiger partial charge on any atom is 0.107 e. The molecule has 2 rings (SSSR count). The molecule has 1 nitrogen and oxygen atoms in total. The zero-order valence-corrected chi connectivity index (χ0v) is 20.9. The SMILES string of the molecule is CCCC[N+](CCCC)(CCCC)C(CCC)(Cc1ccccc1)Cc1ccccc1. The van der Waals surface area contributed by atoms with Gasteiger partial charge in [-0.1, -0.05) is 114 Å². The molecule has 0 radical (unpaired) electrons. The minimum Gasteiger partial charge on any atom is -0.318 e. The van der Waals surface area contributed by atoms with Crippen LogP contribution >= 0.6 is 0 Å². The summed E-state index contributed by atoms with van der Waals surface area (Å²) >= 11 is 0. The summed E-state index contributed by atoms with van der Waals surface area (Å²) in [5, 5.41) is 0. The summed E-state index contributed by atoms with van der Waals surface area (Å²) in [7, 11) is 0. The topological polar surface area (TPSA) is 0 Å². The highest BCUT2D eigenvalue weighted by atomic mass is 15.4. The van der Waals surface area contributed by atoms with Gasteiger partial charge in [0.2, 0.25) is 0 Å². The first-order valence-corrected chi connectivity index (χ1v) is 13.1. The highest BCUT2D eigenvalue weighted by molar-refractivity contribution is 5.22. The fourth-order valence-corrected chi connectivity index (χ4v) is 5.66. The molecule has 0 aliphatic rings. The molecule has 0 aliphatic carbocycles. The second-order valence-electron chi connectivity index (χ2n) is 9.68. The van der Waals surface area contributed by atoms with Crippen LogP contribution in [0.25, 0.3) is 0 Å². The number of benzene rings is 2. The zero-order chi connectivity index (χ0) is 22.4. The van der Waals surface area contributed by atoms with E-state index in [1.54, 1.807) is 0 Å². The third-order valence-corrected chi connectivity index (χ3v) is 7.29. The molecule has 0 N–H and O–H groups in total.